The maximum absolute atomic E-state index is 5.68. The smallest absolute Gasteiger partial charge is 0.122 e. The Hall–Kier alpha value is -1.18. The van der Waals surface area contributed by atoms with Crippen molar-refractivity contribution in [3.05, 3.63) is 23.8 Å². The third-order valence-corrected chi connectivity index (χ3v) is 2.35. The Morgan fingerprint density at radius 2 is 1.62 bits per heavy atom. The van der Waals surface area contributed by atoms with Crippen molar-refractivity contribution >= 4 is 0 Å². The number of benzene rings is 1. The highest BCUT2D eigenvalue weighted by atomic mass is 16.5. The van der Waals surface area contributed by atoms with Crippen LogP contribution in [0.15, 0.2) is 18.2 Å². The van der Waals surface area contributed by atoms with Gasteiger partial charge in [-0.05, 0) is 43.0 Å². The summed E-state index contributed by atoms with van der Waals surface area (Å²) >= 11 is 0. The van der Waals surface area contributed by atoms with E-state index < -0.39 is 0 Å². The van der Waals surface area contributed by atoms with Gasteiger partial charge in [-0.15, -0.1) is 0 Å². The number of rotatable bonds is 7. The summed E-state index contributed by atoms with van der Waals surface area (Å²) in [6, 6.07) is 6.08. The molecule has 0 fully saturated rings. The van der Waals surface area contributed by atoms with Gasteiger partial charge in [-0.1, -0.05) is 20.8 Å². The van der Waals surface area contributed by atoms with E-state index in [0.29, 0.717) is 0 Å². The predicted octanol–water partition coefficient (Wildman–Crippen LogP) is 3.83. The highest BCUT2D eigenvalue weighted by Crippen LogP contribution is 2.25. The fourth-order valence-corrected chi connectivity index (χ4v) is 1.49. The van der Waals surface area contributed by atoms with E-state index in [1.165, 1.54) is 5.56 Å². The molecule has 0 saturated carbocycles. The fraction of sp³-hybridized carbons (Fsp3) is 0.571. The van der Waals surface area contributed by atoms with Crippen LogP contribution in [0.3, 0.4) is 0 Å². The van der Waals surface area contributed by atoms with Gasteiger partial charge in [0.15, 0.2) is 0 Å². The van der Waals surface area contributed by atoms with E-state index in [-0.39, 0.29) is 0 Å². The minimum absolute atomic E-state index is 0.776. The molecule has 1 rings (SSSR count). The first-order valence-corrected chi connectivity index (χ1v) is 6.20. The molecule has 0 aliphatic carbocycles. The van der Waals surface area contributed by atoms with E-state index in [9.17, 15) is 0 Å². The highest BCUT2D eigenvalue weighted by Gasteiger charge is 2.03. The van der Waals surface area contributed by atoms with Gasteiger partial charge in [0.05, 0.1) is 13.2 Å². The monoisotopic (exact) mass is 222 g/mol. The molecule has 1 aromatic carbocycles. The summed E-state index contributed by atoms with van der Waals surface area (Å²) in [5.41, 5.74) is 1.22. The first kappa shape index (κ1) is 12.9. The lowest BCUT2D eigenvalue weighted by Crippen LogP contribution is -2.00. The van der Waals surface area contributed by atoms with Crippen LogP contribution in [-0.4, -0.2) is 13.2 Å². The number of hydrogen-bond acceptors (Lipinski definition) is 2. The molecule has 0 atom stereocenters. The number of aryl methyl sites for hydroxylation is 1. The molecule has 0 aromatic heterocycles. The molecule has 0 aliphatic heterocycles. The van der Waals surface area contributed by atoms with Gasteiger partial charge in [-0.25, -0.2) is 0 Å². The van der Waals surface area contributed by atoms with Gasteiger partial charge in [-0.2, -0.15) is 0 Å². The molecule has 0 N–H and O–H groups in total. The van der Waals surface area contributed by atoms with Gasteiger partial charge in [0.25, 0.3) is 0 Å². The van der Waals surface area contributed by atoms with E-state index in [1.807, 2.05) is 12.1 Å². The molecule has 0 heterocycles. The molecule has 90 valence electrons. The van der Waals surface area contributed by atoms with Crippen molar-refractivity contribution < 1.29 is 9.47 Å². The molecule has 2 nitrogen and oxygen atoms in total. The van der Waals surface area contributed by atoms with Crippen molar-refractivity contribution in [1.82, 2.24) is 0 Å². The summed E-state index contributed by atoms with van der Waals surface area (Å²) in [6.07, 6.45) is 3.05. The van der Waals surface area contributed by atoms with E-state index in [1.54, 1.807) is 0 Å². The van der Waals surface area contributed by atoms with Gasteiger partial charge in [0, 0.05) is 0 Å². The van der Waals surface area contributed by atoms with Crippen molar-refractivity contribution in [2.24, 2.45) is 0 Å². The molecule has 0 spiro atoms. The van der Waals surface area contributed by atoms with Crippen LogP contribution in [-0.2, 0) is 6.42 Å². The molecule has 16 heavy (non-hydrogen) atoms. The van der Waals surface area contributed by atoms with Crippen LogP contribution in [0.2, 0.25) is 0 Å². The SMILES string of the molecule is CCCOc1ccc(OCCC)c(CC)c1. The first-order chi connectivity index (χ1) is 7.81. The van der Waals surface area contributed by atoms with E-state index >= 15 is 0 Å². The van der Waals surface area contributed by atoms with Crippen LogP contribution >= 0.6 is 0 Å². The summed E-state index contributed by atoms with van der Waals surface area (Å²) in [4.78, 5) is 0. The minimum Gasteiger partial charge on any atom is -0.494 e. The zero-order valence-electron chi connectivity index (χ0n) is 10.6. The molecule has 0 amide bonds. The highest BCUT2D eigenvalue weighted by molar-refractivity contribution is 5.40. The lowest BCUT2D eigenvalue weighted by atomic mass is 10.1. The molecule has 1 aromatic rings. The molecular weight excluding hydrogens is 200 g/mol. The van der Waals surface area contributed by atoms with Crippen molar-refractivity contribution in [3.63, 3.8) is 0 Å². The molecule has 0 radical (unpaired) electrons. The van der Waals surface area contributed by atoms with Crippen LogP contribution in [0.5, 0.6) is 11.5 Å². The van der Waals surface area contributed by atoms with Gasteiger partial charge in [-0.3, -0.25) is 0 Å². The zero-order valence-corrected chi connectivity index (χ0v) is 10.6. The predicted molar refractivity (Wildman–Crippen MR) is 67.4 cm³/mol. The second-order valence-corrected chi connectivity index (χ2v) is 3.82. The summed E-state index contributed by atoms with van der Waals surface area (Å²) in [5, 5.41) is 0. The van der Waals surface area contributed by atoms with Crippen molar-refractivity contribution in [3.8, 4) is 11.5 Å². The van der Waals surface area contributed by atoms with Crippen LogP contribution in [0.25, 0.3) is 0 Å². The lowest BCUT2D eigenvalue weighted by molar-refractivity contribution is 0.306. The maximum Gasteiger partial charge on any atom is 0.122 e. The van der Waals surface area contributed by atoms with Gasteiger partial charge in [0.1, 0.15) is 11.5 Å². The van der Waals surface area contributed by atoms with Gasteiger partial charge < -0.3 is 9.47 Å². The third-order valence-electron chi connectivity index (χ3n) is 2.35. The normalized spacial score (nSPS) is 10.2. The summed E-state index contributed by atoms with van der Waals surface area (Å²) in [6.45, 7) is 7.92. The van der Waals surface area contributed by atoms with E-state index in [2.05, 4.69) is 26.8 Å². The standard InChI is InChI=1S/C14H22O2/c1-4-9-15-13-7-8-14(16-10-5-2)12(6-3)11-13/h7-8,11H,4-6,9-10H2,1-3H3. The van der Waals surface area contributed by atoms with Crippen molar-refractivity contribution in [1.29, 1.82) is 0 Å². The minimum atomic E-state index is 0.776. The number of hydrogen-bond donors (Lipinski definition) is 0. The Balaban J connectivity index is 2.71. The molecule has 0 unspecified atom stereocenters. The van der Waals surface area contributed by atoms with Gasteiger partial charge >= 0.3 is 0 Å². The largest absolute Gasteiger partial charge is 0.494 e. The fourth-order valence-electron chi connectivity index (χ4n) is 1.49. The van der Waals surface area contributed by atoms with Crippen LogP contribution in [0, 0.1) is 0 Å². The second kappa shape index (κ2) is 7.15. The van der Waals surface area contributed by atoms with E-state index in [4.69, 9.17) is 9.47 Å². The average Bonchev–Trinajstić information content (AvgIpc) is 2.34. The maximum atomic E-state index is 5.68. The summed E-state index contributed by atoms with van der Waals surface area (Å²) < 4.78 is 11.3. The van der Waals surface area contributed by atoms with Crippen molar-refractivity contribution in [2.45, 2.75) is 40.0 Å². The Morgan fingerprint density at radius 3 is 2.25 bits per heavy atom. The topological polar surface area (TPSA) is 18.5 Å². The van der Waals surface area contributed by atoms with E-state index in [0.717, 1.165) is 44.0 Å². The zero-order chi connectivity index (χ0) is 11.8. The summed E-state index contributed by atoms with van der Waals surface area (Å²) in [5.74, 6) is 1.94. The molecule has 2 heteroatoms. The van der Waals surface area contributed by atoms with Gasteiger partial charge in [0.2, 0.25) is 0 Å². The Labute approximate surface area is 98.6 Å². The average molecular weight is 222 g/mol. The molecule has 0 bridgehead atoms. The third kappa shape index (κ3) is 3.76. The number of ether oxygens (including phenoxy) is 2. The summed E-state index contributed by atoms with van der Waals surface area (Å²) in [7, 11) is 0. The molecular formula is C14H22O2. The Morgan fingerprint density at radius 1 is 0.938 bits per heavy atom. The Bertz CT molecular complexity index is 308. The van der Waals surface area contributed by atoms with Crippen molar-refractivity contribution in [2.75, 3.05) is 13.2 Å². The lowest BCUT2D eigenvalue weighted by Gasteiger charge is -2.12. The molecule has 0 saturated heterocycles. The first-order valence-electron chi connectivity index (χ1n) is 6.20. The Kier molecular flexibility index (Phi) is 5.76. The van der Waals surface area contributed by atoms with Crippen LogP contribution < -0.4 is 9.47 Å². The quantitative estimate of drug-likeness (QED) is 0.698. The van der Waals surface area contributed by atoms with Crippen LogP contribution in [0.4, 0.5) is 0 Å². The van der Waals surface area contributed by atoms with Crippen LogP contribution in [0.1, 0.15) is 39.2 Å². The molecule has 0 aliphatic rings. The second-order valence-electron chi connectivity index (χ2n) is 3.82.